The van der Waals surface area contributed by atoms with Gasteiger partial charge in [-0.15, -0.1) is 0 Å². The van der Waals surface area contributed by atoms with Gasteiger partial charge in [-0.2, -0.15) is 5.10 Å². The molecule has 0 unspecified atom stereocenters. The Kier molecular flexibility index (Phi) is 5.52. The van der Waals surface area contributed by atoms with Gasteiger partial charge in [-0.25, -0.2) is 9.07 Å². The molecule has 4 rings (SSSR count). The molecule has 2 aromatic carbocycles. The molecule has 150 valence electrons. The van der Waals surface area contributed by atoms with Gasteiger partial charge in [0.05, 0.1) is 18.5 Å². The average Bonchev–Trinajstić information content (AvgIpc) is 3.24. The van der Waals surface area contributed by atoms with Crippen molar-refractivity contribution in [3.05, 3.63) is 96.2 Å². The van der Waals surface area contributed by atoms with Crippen molar-refractivity contribution in [3.63, 3.8) is 0 Å². The smallest absolute Gasteiger partial charge is 0.270 e. The van der Waals surface area contributed by atoms with Crippen molar-refractivity contribution in [2.24, 2.45) is 0 Å². The van der Waals surface area contributed by atoms with E-state index in [0.717, 1.165) is 16.9 Å². The zero-order valence-electron chi connectivity index (χ0n) is 16.2. The summed E-state index contributed by atoms with van der Waals surface area (Å²) < 4.78 is 20.1. The van der Waals surface area contributed by atoms with Crippen LogP contribution in [0, 0.1) is 5.82 Å². The van der Waals surface area contributed by atoms with E-state index >= 15 is 0 Å². The molecule has 0 aliphatic carbocycles. The van der Waals surface area contributed by atoms with Crippen LogP contribution in [0.5, 0.6) is 5.75 Å². The Balaban J connectivity index is 1.68. The maximum absolute atomic E-state index is 13.4. The van der Waals surface area contributed by atoms with E-state index < -0.39 is 0 Å². The molecule has 0 saturated heterocycles. The van der Waals surface area contributed by atoms with Gasteiger partial charge < -0.3 is 10.1 Å². The summed E-state index contributed by atoms with van der Waals surface area (Å²) in [6.45, 7) is 0.332. The number of carbonyl (C=O) groups excluding carboxylic acids is 1. The zero-order valence-corrected chi connectivity index (χ0v) is 16.2. The number of hydrogen-bond donors (Lipinski definition) is 1. The molecule has 2 heterocycles. The molecule has 0 bridgehead atoms. The molecule has 7 heteroatoms. The monoisotopic (exact) mass is 402 g/mol. The average molecular weight is 402 g/mol. The molecule has 1 N–H and O–H groups in total. The van der Waals surface area contributed by atoms with Gasteiger partial charge in [-0.1, -0.05) is 6.07 Å². The number of benzene rings is 2. The third-order valence-electron chi connectivity index (χ3n) is 4.57. The first kappa shape index (κ1) is 19.3. The van der Waals surface area contributed by atoms with Gasteiger partial charge in [-0.3, -0.25) is 9.78 Å². The molecule has 2 aromatic heterocycles. The van der Waals surface area contributed by atoms with Crippen LogP contribution in [0.4, 0.5) is 4.39 Å². The van der Waals surface area contributed by atoms with E-state index in [1.165, 1.54) is 16.8 Å². The van der Waals surface area contributed by atoms with Gasteiger partial charge in [0.2, 0.25) is 0 Å². The SMILES string of the molecule is COc1ccc(-c2cc(C(=O)NCc3cccnc3)n(-c3ccc(F)cc3)n2)cc1. The quantitative estimate of drug-likeness (QED) is 0.529. The summed E-state index contributed by atoms with van der Waals surface area (Å²) in [5.41, 5.74) is 3.26. The minimum atomic E-state index is -0.358. The number of ether oxygens (including phenoxy) is 1. The molecule has 4 aromatic rings. The fourth-order valence-electron chi connectivity index (χ4n) is 3.00. The second-order valence-corrected chi connectivity index (χ2v) is 6.58. The van der Waals surface area contributed by atoms with Crippen molar-refractivity contribution in [3.8, 4) is 22.7 Å². The lowest BCUT2D eigenvalue weighted by molar-refractivity contribution is 0.0943. The lowest BCUT2D eigenvalue weighted by Crippen LogP contribution is -2.25. The lowest BCUT2D eigenvalue weighted by atomic mass is 10.1. The second kappa shape index (κ2) is 8.57. The number of nitrogens with one attached hydrogen (secondary N) is 1. The molecular formula is C23H19FN4O2. The Morgan fingerprint density at radius 1 is 1.10 bits per heavy atom. The molecule has 0 fully saturated rings. The van der Waals surface area contributed by atoms with Crippen LogP contribution in [0.1, 0.15) is 16.1 Å². The highest BCUT2D eigenvalue weighted by atomic mass is 19.1. The fraction of sp³-hybridized carbons (Fsp3) is 0.0870. The summed E-state index contributed by atoms with van der Waals surface area (Å²) in [5.74, 6) is 0.0745. The van der Waals surface area contributed by atoms with Gasteiger partial charge in [0.15, 0.2) is 0 Å². The number of aromatic nitrogens is 3. The zero-order chi connectivity index (χ0) is 20.9. The first-order valence-electron chi connectivity index (χ1n) is 9.31. The minimum Gasteiger partial charge on any atom is -0.497 e. The number of methoxy groups -OCH3 is 1. The molecule has 1 amide bonds. The van der Waals surface area contributed by atoms with E-state index in [1.54, 1.807) is 37.7 Å². The molecular weight excluding hydrogens is 383 g/mol. The number of pyridine rings is 1. The number of rotatable bonds is 6. The Bertz CT molecular complexity index is 1140. The molecule has 0 spiro atoms. The molecule has 0 aliphatic heterocycles. The number of amides is 1. The summed E-state index contributed by atoms with van der Waals surface area (Å²) in [6.07, 6.45) is 3.37. The highest BCUT2D eigenvalue weighted by molar-refractivity contribution is 5.94. The van der Waals surface area contributed by atoms with Crippen LogP contribution in [-0.4, -0.2) is 27.8 Å². The van der Waals surface area contributed by atoms with Crippen molar-refractivity contribution in [2.75, 3.05) is 7.11 Å². The van der Waals surface area contributed by atoms with Gasteiger partial charge >= 0.3 is 0 Å². The van der Waals surface area contributed by atoms with E-state index in [4.69, 9.17) is 4.74 Å². The van der Waals surface area contributed by atoms with Crippen LogP contribution >= 0.6 is 0 Å². The van der Waals surface area contributed by atoms with Crippen LogP contribution in [0.2, 0.25) is 0 Å². The number of carbonyl (C=O) groups is 1. The number of nitrogens with zero attached hydrogens (tertiary/aromatic N) is 3. The van der Waals surface area contributed by atoms with Gasteiger partial charge in [0.1, 0.15) is 17.3 Å². The Labute approximate surface area is 173 Å². The van der Waals surface area contributed by atoms with E-state index in [0.29, 0.717) is 23.6 Å². The number of halogens is 1. The van der Waals surface area contributed by atoms with Crippen LogP contribution in [0.25, 0.3) is 16.9 Å². The number of hydrogen-bond acceptors (Lipinski definition) is 4. The van der Waals surface area contributed by atoms with Crippen LogP contribution in [-0.2, 0) is 6.54 Å². The maximum atomic E-state index is 13.4. The minimum absolute atomic E-state index is 0.296. The molecule has 0 atom stereocenters. The van der Waals surface area contributed by atoms with E-state index in [1.807, 2.05) is 36.4 Å². The van der Waals surface area contributed by atoms with E-state index in [2.05, 4.69) is 15.4 Å². The van der Waals surface area contributed by atoms with Crippen molar-refractivity contribution >= 4 is 5.91 Å². The van der Waals surface area contributed by atoms with Crippen molar-refractivity contribution in [1.82, 2.24) is 20.1 Å². The highest BCUT2D eigenvalue weighted by Gasteiger charge is 2.18. The summed E-state index contributed by atoms with van der Waals surface area (Å²) in [7, 11) is 1.60. The molecule has 0 aliphatic rings. The van der Waals surface area contributed by atoms with Crippen LogP contribution in [0.3, 0.4) is 0 Å². The Hall–Kier alpha value is -4.00. The Morgan fingerprint density at radius 2 is 1.87 bits per heavy atom. The Morgan fingerprint density at radius 3 is 2.53 bits per heavy atom. The predicted molar refractivity (Wildman–Crippen MR) is 111 cm³/mol. The molecule has 0 radical (unpaired) electrons. The molecule has 30 heavy (non-hydrogen) atoms. The van der Waals surface area contributed by atoms with Gasteiger partial charge in [0, 0.05) is 24.5 Å². The van der Waals surface area contributed by atoms with Crippen LogP contribution < -0.4 is 10.1 Å². The normalized spacial score (nSPS) is 10.6. The predicted octanol–water partition coefficient (Wildman–Crippen LogP) is 4.01. The van der Waals surface area contributed by atoms with Crippen molar-refractivity contribution in [1.29, 1.82) is 0 Å². The highest BCUT2D eigenvalue weighted by Crippen LogP contribution is 2.24. The fourth-order valence-corrected chi connectivity index (χ4v) is 3.00. The van der Waals surface area contributed by atoms with Crippen molar-refractivity contribution in [2.45, 2.75) is 6.54 Å². The first-order chi connectivity index (χ1) is 14.6. The van der Waals surface area contributed by atoms with E-state index in [-0.39, 0.29) is 11.7 Å². The first-order valence-corrected chi connectivity index (χ1v) is 9.31. The summed E-state index contributed by atoms with van der Waals surface area (Å²) >= 11 is 0. The van der Waals surface area contributed by atoms with Gasteiger partial charge in [0.25, 0.3) is 5.91 Å². The lowest BCUT2D eigenvalue weighted by Gasteiger charge is -2.08. The standard InChI is InChI=1S/C23H19FN4O2/c1-30-20-10-4-17(5-11-20)21-13-22(23(29)26-15-16-3-2-12-25-14-16)28(27-21)19-8-6-18(24)7-9-19/h2-14H,15H2,1H3,(H,26,29). The summed E-state index contributed by atoms with van der Waals surface area (Å²) in [5, 5.41) is 7.48. The summed E-state index contributed by atoms with van der Waals surface area (Å²) in [4.78, 5) is 17.0. The van der Waals surface area contributed by atoms with Gasteiger partial charge in [-0.05, 0) is 66.2 Å². The third-order valence-corrected chi connectivity index (χ3v) is 4.57. The van der Waals surface area contributed by atoms with E-state index in [9.17, 15) is 9.18 Å². The van der Waals surface area contributed by atoms with Crippen LogP contribution in [0.15, 0.2) is 79.1 Å². The molecule has 0 saturated carbocycles. The third kappa shape index (κ3) is 4.20. The largest absolute Gasteiger partial charge is 0.497 e. The maximum Gasteiger partial charge on any atom is 0.270 e. The topological polar surface area (TPSA) is 69.0 Å². The van der Waals surface area contributed by atoms with Crippen molar-refractivity contribution < 1.29 is 13.9 Å². The second-order valence-electron chi connectivity index (χ2n) is 6.58. The molecule has 6 nitrogen and oxygen atoms in total. The summed E-state index contributed by atoms with van der Waals surface area (Å²) in [6, 6.07) is 18.6.